The lowest BCUT2D eigenvalue weighted by molar-refractivity contribution is 0.749. The second-order valence-electron chi connectivity index (χ2n) is 13.8. The van der Waals surface area contributed by atoms with Gasteiger partial charge in [-0.25, -0.2) is 0 Å². The van der Waals surface area contributed by atoms with E-state index in [1.165, 1.54) is 87.5 Å². The van der Waals surface area contributed by atoms with Crippen LogP contribution in [0.2, 0.25) is 0 Å². The minimum atomic E-state index is 0.209. The summed E-state index contributed by atoms with van der Waals surface area (Å²) in [5.41, 5.74) is 10.3. The molecule has 1 unspecified atom stereocenters. The topological polar surface area (TPSA) is 3.24 Å². The lowest BCUT2D eigenvalue weighted by Gasteiger charge is -2.31. The highest BCUT2D eigenvalue weighted by Gasteiger charge is 2.30. The van der Waals surface area contributed by atoms with Crippen LogP contribution in [0.4, 0.5) is 5.69 Å². The molecule has 0 N–H and O–H groups in total. The van der Waals surface area contributed by atoms with Crippen molar-refractivity contribution in [1.29, 1.82) is 0 Å². The van der Waals surface area contributed by atoms with Gasteiger partial charge in [-0.15, -0.1) is 0 Å². The Balaban J connectivity index is 1.31. The molecule has 1 aliphatic carbocycles. The zero-order valence-corrected chi connectivity index (χ0v) is 28.5. The highest BCUT2D eigenvalue weighted by Crippen LogP contribution is 2.45. The Morgan fingerprint density at radius 3 is 1.78 bits per heavy atom. The Kier molecular flexibility index (Phi) is 7.17. The molecule has 8 aromatic carbocycles. The van der Waals surface area contributed by atoms with Gasteiger partial charge in [-0.05, 0) is 114 Å². The molecular weight excluding hydrogens is 615 g/mol. The Hall–Kier alpha value is -6.18. The first-order chi connectivity index (χ1) is 25.3. The summed E-state index contributed by atoms with van der Waals surface area (Å²) < 4.78 is 0. The molecule has 0 saturated carbocycles. The summed E-state index contributed by atoms with van der Waals surface area (Å²) in [4.78, 5) is 2.58. The second kappa shape index (κ2) is 12.3. The van der Waals surface area contributed by atoms with E-state index in [2.05, 4.69) is 187 Å². The second-order valence-corrected chi connectivity index (χ2v) is 13.8. The van der Waals surface area contributed by atoms with E-state index in [1.807, 2.05) is 0 Å². The van der Waals surface area contributed by atoms with Crippen LogP contribution in [0.3, 0.4) is 0 Å². The summed E-state index contributed by atoms with van der Waals surface area (Å²) >= 11 is 0. The molecular formula is C50H37N. The van der Waals surface area contributed by atoms with Gasteiger partial charge in [-0.3, -0.25) is 0 Å². The van der Waals surface area contributed by atoms with Crippen molar-refractivity contribution in [3.05, 3.63) is 191 Å². The first-order valence-electron chi connectivity index (χ1n) is 18.2. The minimum absolute atomic E-state index is 0.209. The summed E-state index contributed by atoms with van der Waals surface area (Å²) in [6.45, 7) is 0. The first-order valence-corrected chi connectivity index (χ1v) is 18.2. The van der Waals surface area contributed by atoms with Gasteiger partial charge in [0, 0.05) is 11.4 Å². The average molecular weight is 652 g/mol. The lowest BCUT2D eigenvalue weighted by Crippen LogP contribution is -2.31. The summed E-state index contributed by atoms with van der Waals surface area (Å²) in [5.74, 6) is 0. The van der Waals surface area contributed by atoms with Crippen molar-refractivity contribution in [2.75, 3.05) is 4.90 Å². The van der Waals surface area contributed by atoms with Gasteiger partial charge in [0.2, 0.25) is 0 Å². The molecule has 0 aromatic heterocycles. The molecule has 51 heavy (non-hydrogen) atoms. The standard InChI is InChI=1S/C50H37N/c1-4-16-34(17-5-1)47-30-31-48(35-18-6-2-7-19-35)51(47)38-28-29-44-46(33-38)49(36-20-8-3-9-21-36)42-26-14-15-27-43(42)50(44)45-32-37-22-10-11-23-39(37)40-24-12-13-25-41(40)45/h1-13,16-30,32-33,48H,14-15,31H2. The maximum Gasteiger partial charge on any atom is 0.0626 e. The molecule has 1 heterocycles. The van der Waals surface area contributed by atoms with Crippen LogP contribution in [0.25, 0.3) is 72.4 Å². The van der Waals surface area contributed by atoms with E-state index in [-0.39, 0.29) is 6.04 Å². The predicted molar refractivity (Wildman–Crippen MR) is 218 cm³/mol. The molecule has 242 valence electrons. The molecule has 1 aliphatic heterocycles. The van der Waals surface area contributed by atoms with Gasteiger partial charge in [0.1, 0.15) is 0 Å². The fourth-order valence-corrected chi connectivity index (χ4v) is 8.75. The maximum absolute atomic E-state index is 2.58. The molecule has 0 radical (unpaired) electrons. The van der Waals surface area contributed by atoms with Crippen LogP contribution in [-0.2, 0) is 0 Å². The van der Waals surface area contributed by atoms with Gasteiger partial charge in [-0.1, -0.05) is 164 Å². The molecule has 1 heteroatoms. The van der Waals surface area contributed by atoms with Crippen LogP contribution in [0.1, 0.15) is 36.4 Å². The third kappa shape index (κ3) is 4.92. The van der Waals surface area contributed by atoms with E-state index in [4.69, 9.17) is 0 Å². The molecule has 2 aliphatic rings. The number of nitrogens with zero attached hydrogens (tertiary/aromatic N) is 1. The molecule has 1 nitrogen and oxygen atoms in total. The number of rotatable bonds is 5. The molecule has 8 aromatic rings. The fourth-order valence-electron chi connectivity index (χ4n) is 8.75. The Bertz CT molecular complexity index is 2760. The van der Waals surface area contributed by atoms with Gasteiger partial charge in [0.05, 0.1) is 6.04 Å². The first kappa shape index (κ1) is 29.7. The van der Waals surface area contributed by atoms with Crippen LogP contribution in [0, 0.1) is 0 Å². The zero-order chi connectivity index (χ0) is 33.7. The fraction of sp³-hybridized carbons (Fsp3) is 0.0800. The van der Waals surface area contributed by atoms with Gasteiger partial charge in [0.25, 0.3) is 0 Å². The largest absolute Gasteiger partial charge is 0.333 e. The number of fused-ring (bicyclic) bond motifs is 5. The van der Waals surface area contributed by atoms with E-state index < -0.39 is 0 Å². The van der Waals surface area contributed by atoms with E-state index in [9.17, 15) is 0 Å². The third-order valence-corrected chi connectivity index (χ3v) is 11.0. The Morgan fingerprint density at radius 2 is 1.04 bits per heavy atom. The van der Waals surface area contributed by atoms with E-state index in [0.29, 0.717) is 0 Å². The minimum Gasteiger partial charge on any atom is -0.333 e. The number of anilines is 1. The summed E-state index contributed by atoms with van der Waals surface area (Å²) in [5, 5.41) is 10.5. The molecule has 1 atom stereocenters. The average Bonchev–Trinajstić information content (AvgIpc) is 3.66. The van der Waals surface area contributed by atoms with Crippen molar-refractivity contribution in [3.8, 4) is 22.3 Å². The van der Waals surface area contributed by atoms with Gasteiger partial charge < -0.3 is 4.90 Å². The summed E-state index contributed by atoms with van der Waals surface area (Å²) in [6, 6.07) is 60.7. The molecule has 0 spiro atoms. The molecule has 10 rings (SSSR count). The van der Waals surface area contributed by atoms with Gasteiger partial charge >= 0.3 is 0 Å². The van der Waals surface area contributed by atoms with Crippen LogP contribution in [0.5, 0.6) is 0 Å². The summed E-state index contributed by atoms with van der Waals surface area (Å²) in [7, 11) is 0. The number of hydrogen-bond donors (Lipinski definition) is 0. The van der Waals surface area contributed by atoms with Gasteiger partial charge in [0.15, 0.2) is 0 Å². The normalized spacial score (nSPS) is 15.4. The van der Waals surface area contributed by atoms with Crippen LogP contribution in [0.15, 0.2) is 170 Å². The van der Waals surface area contributed by atoms with Crippen LogP contribution in [-0.4, -0.2) is 0 Å². The zero-order valence-electron chi connectivity index (χ0n) is 28.5. The van der Waals surface area contributed by atoms with E-state index in [1.54, 1.807) is 0 Å². The van der Waals surface area contributed by atoms with Crippen molar-refractivity contribution in [1.82, 2.24) is 0 Å². The Morgan fingerprint density at radius 1 is 0.431 bits per heavy atom. The van der Waals surface area contributed by atoms with Crippen molar-refractivity contribution in [3.63, 3.8) is 0 Å². The van der Waals surface area contributed by atoms with Gasteiger partial charge in [-0.2, -0.15) is 0 Å². The molecule has 0 amide bonds. The summed E-state index contributed by atoms with van der Waals surface area (Å²) in [6.07, 6.45) is 10.5. The lowest BCUT2D eigenvalue weighted by atomic mass is 9.84. The SMILES string of the molecule is C1=C(c2ccccc2)N(c2ccc3c(-c4cc5ccccc5c5ccccc45)c4c(c(-c5ccccc5)c3c2)=CCCC=4)C(c2ccccc2)C1. The molecule has 0 bridgehead atoms. The highest BCUT2D eigenvalue weighted by molar-refractivity contribution is 6.18. The third-order valence-electron chi connectivity index (χ3n) is 11.0. The Labute approximate surface area is 298 Å². The number of hydrogen-bond acceptors (Lipinski definition) is 1. The number of benzene rings is 8. The smallest absolute Gasteiger partial charge is 0.0626 e. The molecule has 0 saturated heterocycles. The van der Waals surface area contributed by atoms with Crippen molar-refractivity contribution >= 4 is 55.9 Å². The van der Waals surface area contributed by atoms with Crippen molar-refractivity contribution in [2.24, 2.45) is 0 Å². The molecule has 0 fully saturated rings. The van der Waals surface area contributed by atoms with Crippen molar-refractivity contribution < 1.29 is 0 Å². The highest BCUT2D eigenvalue weighted by atomic mass is 15.2. The quantitative estimate of drug-likeness (QED) is 0.167. The van der Waals surface area contributed by atoms with E-state index >= 15 is 0 Å². The van der Waals surface area contributed by atoms with Crippen LogP contribution < -0.4 is 15.3 Å². The monoisotopic (exact) mass is 651 g/mol. The maximum atomic E-state index is 2.58. The predicted octanol–water partition coefficient (Wildman–Crippen LogP) is 11.8. The van der Waals surface area contributed by atoms with E-state index in [0.717, 1.165) is 19.3 Å². The van der Waals surface area contributed by atoms with Crippen molar-refractivity contribution in [2.45, 2.75) is 25.3 Å². The van der Waals surface area contributed by atoms with Crippen LogP contribution >= 0.6 is 0 Å².